The number of anilines is 1. The molecule has 0 aromatic heterocycles. The molecular weight excluding hydrogens is 450 g/mol. The molecule has 0 aliphatic carbocycles. The quantitative estimate of drug-likeness (QED) is 0.569. The lowest BCUT2D eigenvalue weighted by Crippen LogP contribution is -2.43. The van der Waals surface area contributed by atoms with E-state index >= 15 is 0 Å². The normalized spacial score (nSPS) is 16.1. The van der Waals surface area contributed by atoms with Gasteiger partial charge in [-0.3, -0.25) is 9.59 Å². The van der Waals surface area contributed by atoms with E-state index in [2.05, 4.69) is 29.2 Å². The Morgan fingerprint density at radius 1 is 0.914 bits per heavy atom. The van der Waals surface area contributed by atoms with Crippen LogP contribution < -0.4 is 14.4 Å². The number of amides is 2. The van der Waals surface area contributed by atoms with E-state index in [1.165, 1.54) is 12.8 Å². The fourth-order valence-electron chi connectivity index (χ4n) is 4.16. The summed E-state index contributed by atoms with van der Waals surface area (Å²) in [5.74, 6) is 0.604. The van der Waals surface area contributed by atoms with E-state index in [0.29, 0.717) is 49.9 Å². The minimum Gasteiger partial charge on any atom is -0.493 e. The summed E-state index contributed by atoms with van der Waals surface area (Å²) in [6.45, 7) is 5.87. The molecular formula is C26H33N3O6. The standard InChI is InChI=1S/C26H33N3O6/c1-27(18-20-3-6-22(7-4-20)28-9-13-33-14-10-28)26(31)21-5-8-23(24(17-21)32-2)35-19-25(30)29-11-15-34-16-12-29/h3-8,17H,9-16,18-19H2,1-2H3. The number of carbonyl (C=O) groups is 2. The van der Waals surface area contributed by atoms with E-state index in [1.807, 2.05) is 0 Å². The van der Waals surface area contributed by atoms with Crippen LogP contribution in [0.3, 0.4) is 0 Å². The second kappa shape index (κ2) is 11.9. The molecule has 0 bridgehead atoms. The Labute approximate surface area is 206 Å². The van der Waals surface area contributed by atoms with Gasteiger partial charge in [-0.25, -0.2) is 0 Å². The highest BCUT2D eigenvalue weighted by molar-refractivity contribution is 5.94. The second-order valence-electron chi connectivity index (χ2n) is 8.57. The molecule has 0 unspecified atom stereocenters. The van der Waals surface area contributed by atoms with Gasteiger partial charge in [0.15, 0.2) is 18.1 Å². The molecule has 188 valence electrons. The zero-order chi connectivity index (χ0) is 24.6. The Morgan fingerprint density at radius 2 is 1.57 bits per heavy atom. The summed E-state index contributed by atoms with van der Waals surface area (Å²) >= 11 is 0. The topological polar surface area (TPSA) is 80.8 Å². The van der Waals surface area contributed by atoms with E-state index in [-0.39, 0.29) is 18.4 Å². The minimum absolute atomic E-state index is 0.0932. The molecule has 2 aliphatic heterocycles. The van der Waals surface area contributed by atoms with Crippen molar-refractivity contribution < 1.29 is 28.5 Å². The highest BCUT2D eigenvalue weighted by atomic mass is 16.5. The molecule has 0 atom stereocenters. The number of methoxy groups -OCH3 is 1. The highest BCUT2D eigenvalue weighted by Gasteiger charge is 2.20. The third-order valence-electron chi connectivity index (χ3n) is 6.20. The molecule has 2 aliphatic rings. The molecule has 2 amide bonds. The lowest BCUT2D eigenvalue weighted by atomic mass is 10.1. The molecule has 2 fully saturated rings. The Hall–Kier alpha value is -3.30. The zero-order valence-electron chi connectivity index (χ0n) is 20.4. The maximum atomic E-state index is 13.1. The lowest BCUT2D eigenvalue weighted by molar-refractivity contribution is -0.137. The van der Waals surface area contributed by atoms with Crippen LogP contribution in [0, 0.1) is 0 Å². The minimum atomic E-state index is -0.128. The zero-order valence-corrected chi connectivity index (χ0v) is 20.4. The first-order valence-electron chi connectivity index (χ1n) is 11.9. The summed E-state index contributed by atoms with van der Waals surface area (Å²) in [6.07, 6.45) is 0. The molecule has 2 aromatic rings. The third kappa shape index (κ3) is 6.43. The molecule has 2 saturated heterocycles. The van der Waals surface area contributed by atoms with Crippen LogP contribution in [0.1, 0.15) is 15.9 Å². The fourth-order valence-corrected chi connectivity index (χ4v) is 4.16. The molecule has 4 rings (SSSR count). The Balaban J connectivity index is 1.34. The number of rotatable bonds is 8. The SMILES string of the molecule is COc1cc(C(=O)N(C)Cc2ccc(N3CCOCC3)cc2)ccc1OCC(=O)N1CCOCC1. The van der Waals surface area contributed by atoms with Gasteiger partial charge in [0.05, 0.1) is 33.5 Å². The predicted molar refractivity (Wildman–Crippen MR) is 131 cm³/mol. The third-order valence-corrected chi connectivity index (χ3v) is 6.20. The van der Waals surface area contributed by atoms with Gasteiger partial charge in [-0.1, -0.05) is 12.1 Å². The smallest absolute Gasteiger partial charge is 0.260 e. The van der Waals surface area contributed by atoms with Crippen LogP contribution >= 0.6 is 0 Å². The lowest BCUT2D eigenvalue weighted by Gasteiger charge is -2.29. The summed E-state index contributed by atoms with van der Waals surface area (Å²) in [7, 11) is 3.29. The monoisotopic (exact) mass is 483 g/mol. The highest BCUT2D eigenvalue weighted by Crippen LogP contribution is 2.29. The van der Waals surface area contributed by atoms with Crippen molar-refractivity contribution >= 4 is 17.5 Å². The van der Waals surface area contributed by atoms with Gasteiger partial charge < -0.3 is 33.6 Å². The van der Waals surface area contributed by atoms with E-state index in [4.69, 9.17) is 18.9 Å². The van der Waals surface area contributed by atoms with Crippen molar-refractivity contribution in [1.29, 1.82) is 0 Å². The van der Waals surface area contributed by atoms with Crippen LogP contribution in [0.4, 0.5) is 5.69 Å². The largest absolute Gasteiger partial charge is 0.493 e. The van der Waals surface area contributed by atoms with Gasteiger partial charge in [-0.2, -0.15) is 0 Å². The van der Waals surface area contributed by atoms with Crippen LogP contribution in [0.15, 0.2) is 42.5 Å². The number of nitrogens with zero attached hydrogens (tertiary/aromatic N) is 3. The van der Waals surface area contributed by atoms with Crippen LogP contribution in [0.2, 0.25) is 0 Å². The van der Waals surface area contributed by atoms with Crippen molar-refractivity contribution in [1.82, 2.24) is 9.80 Å². The number of carbonyl (C=O) groups excluding carboxylic acids is 2. The number of ether oxygens (including phenoxy) is 4. The fraction of sp³-hybridized carbons (Fsp3) is 0.462. The van der Waals surface area contributed by atoms with Crippen LogP contribution in [0.25, 0.3) is 0 Å². The molecule has 2 heterocycles. The summed E-state index contributed by atoms with van der Waals surface area (Å²) < 4.78 is 21.8. The summed E-state index contributed by atoms with van der Waals surface area (Å²) in [5.41, 5.74) is 2.70. The van der Waals surface area contributed by atoms with Crippen LogP contribution in [-0.2, 0) is 20.8 Å². The second-order valence-corrected chi connectivity index (χ2v) is 8.57. The number of hydrogen-bond acceptors (Lipinski definition) is 7. The maximum Gasteiger partial charge on any atom is 0.260 e. The van der Waals surface area contributed by atoms with E-state index in [1.54, 1.807) is 35.0 Å². The first kappa shape index (κ1) is 24.8. The van der Waals surface area contributed by atoms with Gasteiger partial charge in [0.2, 0.25) is 0 Å². The summed E-state index contributed by atoms with van der Waals surface area (Å²) in [4.78, 5) is 31.1. The average molecular weight is 484 g/mol. The van der Waals surface area contributed by atoms with Crippen molar-refractivity contribution in [3.63, 3.8) is 0 Å². The maximum absolute atomic E-state index is 13.1. The van der Waals surface area contributed by atoms with Crippen LogP contribution in [-0.4, -0.2) is 95.0 Å². The molecule has 0 N–H and O–H groups in total. The van der Waals surface area contributed by atoms with Gasteiger partial charge in [0.25, 0.3) is 11.8 Å². The number of morpholine rings is 2. The van der Waals surface area contributed by atoms with E-state index in [0.717, 1.165) is 31.9 Å². The van der Waals surface area contributed by atoms with Gasteiger partial charge in [-0.15, -0.1) is 0 Å². The molecule has 0 saturated carbocycles. The van der Waals surface area contributed by atoms with Crippen molar-refractivity contribution in [3.05, 3.63) is 53.6 Å². The van der Waals surface area contributed by atoms with Gasteiger partial charge >= 0.3 is 0 Å². The van der Waals surface area contributed by atoms with Crippen molar-refractivity contribution in [2.24, 2.45) is 0 Å². The molecule has 9 nitrogen and oxygen atoms in total. The van der Waals surface area contributed by atoms with E-state index in [9.17, 15) is 9.59 Å². The number of hydrogen-bond donors (Lipinski definition) is 0. The molecule has 2 aromatic carbocycles. The van der Waals surface area contributed by atoms with Crippen molar-refractivity contribution in [2.45, 2.75) is 6.54 Å². The van der Waals surface area contributed by atoms with Gasteiger partial charge in [0, 0.05) is 51.0 Å². The molecule has 9 heteroatoms. The first-order chi connectivity index (χ1) is 17.0. The number of benzene rings is 2. The first-order valence-corrected chi connectivity index (χ1v) is 11.9. The molecule has 0 radical (unpaired) electrons. The Bertz CT molecular complexity index is 1000. The van der Waals surface area contributed by atoms with Crippen molar-refractivity contribution in [2.75, 3.05) is 78.3 Å². The summed E-state index contributed by atoms with van der Waals surface area (Å²) in [6, 6.07) is 13.3. The van der Waals surface area contributed by atoms with E-state index < -0.39 is 0 Å². The molecule has 0 spiro atoms. The van der Waals surface area contributed by atoms with Crippen LogP contribution in [0.5, 0.6) is 11.5 Å². The van der Waals surface area contributed by atoms with Crippen molar-refractivity contribution in [3.8, 4) is 11.5 Å². The summed E-state index contributed by atoms with van der Waals surface area (Å²) in [5, 5.41) is 0. The van der Waals surface area contributed by atoms with Gasteiger partial charge in [-0.05, 0) is 35.9 Å². The average Bonchev–Trinajstić information content (AvgIpc) is 2.92. The van der Waals surface area contributed by atoms with Gasteiger partial charge in [0.1, 0.15) is 0 Å². The Morgan fingerprint density at radius 3 is 2.23 bits per heavy atom. The Kier molecular flexibility index (Phi) is 8.44. The predicted octanol–water partition coefficient (Wildman–Crippen LogP) is 2.04. The molecule has 35 heavy (non-hydrogen) atoms.